The summed E-state index contributed by atoms with van der Waals surface area (Å²) in [6, 6.07) is 10.3. The molecule has 3 N–H and O–H groups in total. The zero-order valence-electron chi connectivity index (χ0n) is 8.41. The summed E-state index contributed by atoms with van der Waals surface area (Å²) in [4.78, 5) is 0. The van der Waals surface area contributed by atoms with Gasteiger partial charge in [0.25, 0.3) is 0 Å². The largest absolute Gasteiger partial charge is 0.418 e. The predicted molar refractivity (Wildman–Crippen MR) is 61.7 cm³/mol. The Morgan fingerprint density at radius 1 is 1.29 bits per heavy atom. The SMILES string of the molecule is NCCNC[SiH2]OCc1ccccc1. The summed E-state index contributed by atoms with van der Waals surface area (Å²) < 4.78 is 5.60. The zero-order chi connectivity index (χ0) is 10.1. The van der Waals surface area contributed by atoms with Crippen molar-refractivity contribution < 1.29 is 4.43 Å². The van der Waals surface area contributed by atoms with E-state index in [0.29, 0.717) is 6.54 Å². The Hall–Kier alpha value is -0.683. The van der Waals surface area contributed by atoms with E-state index in [9.17, 15) is 0 Å². The Morgan fingerprint density at radius 3 is 2.79 bits per heavy atom. The minimum Gasteiger partial charge on any atom is -0.418 e. The van der Waals surface area contributed by atoms with E-state index in [1.165, 1.54) is 5.56 Å². The third-order valence-electron chi connectivity index (χ3n) is 1.86. The molecular weight excluding hydrogens is 192 g/mol. The molecule has 0 unspecified atom stereocenters. The van der Waals surface area contributed by atoms with Gasteiger partial charge in [0, 0.05) is 19.3 Å². The molecular formula is C10H18N2OSi. The van der Waals surface area contributed by atoms with E-state index in [1.807, 2.05) is 18.2 Å². The molecule has 0 aromatic heterocycles. The standard InChI is InChI=1S/C10H18N2OSi/c11-6-7-12-9-14-13-8-10-4-2-1-3-5-10/h1-5,12H,6-9,11,14H2. The van der Waals surface area contributed by atoms with Gasteiger partial charge in [-0.3, -0.25) is 0 Å². The average molecular weight is 210 g/mol. The molecule has 0 aliphatic rings. The van der Waals surface area contributed by atoms with Gasteiger partial charge in [0.05, 0.1) is 6.61 Å². The lowest BCUT2D eigenvalue weighted by molar-refractivity contribution is 0.322. The van der Waals surface area contributed by atoms with Crippen molar-refractivity contribution in [2.24, 2.45) is 5.73 Å². The van der Waals surface area contributed by atoms with Gasteiger partial charge >= 0.3 is 0 Å². The fraction of sp³-hybridized carbons (Fsp3) is 0.400. The van der Waals surface area contributed by atoms with Crippen LogP contribution in [0, 0.1) is 0 Å². The molecule has 0 bridgehead atoms. The van der Waals surface area contributed by atoms with Crippen molar-refractivity contribution in [3.05, 3.63) is 35.9 Å². The smallest absolute Gasteiger partial charge is 0.175 e. The molecule has 3 nitrogen and oxygen atoms in total. The van der Waals surface area contributed by atoms with Crippen LogP contribution in [0.2, 0.25) is 0 Å². The van der Waals surface area contributed by atoms with Crippen LogP contribution in [0.15, 0.2) is 30.3 Å². The van der Waals surface area contributed by atoms with E-state index in [4.69, 9.17) is 10.2 Å². The molecule has 14 heavy (non-hydrogen) atoms. The first kappa shape index (κ1) is 11.4. The number of nitrogens with two attached hydrogens (primary N) is 1. The van der Waals surface area contributed by atoms with E-state index in [0.717, 1.165) is 19.3 Å². The minimum atomic E-state index is -0.419. The highest BCUT2D eigenvalue weighted by molar-refractivity contribution is 6.27. The molecule has 0 spiro atoms. The first-order valence-electron chi connectivity index (χ1n) is 4.96. The van der Waals surface area contributed by atoms with Gasteiger partial charge in [0.2, 0.25) is 0 Å². The van der Waals surface area contributed by atoms with Crippen molar-refractivity contribution in [1.82, 2.24) is 5.32 Å². The molecule has 78 valence electrons. The van der Waals surface area contributed by atoms with Crippen LogP contribution in [0.5, 0.6) is 0 Å². The molecule has 0 amide bonds. The average Bonchev–Trinajstić information content (AvgIpc) is 2.25. The highest BCUT2D eigenvalue weighted by Gasteiger charge is 1.91. The third-order valence-corrected chi connectivity index (χ3v) is 2.91. The fourth-order valence-corrected chi connectivity index (χ4v) is 2.05. The molecule has 0 fully saturated rings. The van der Waals surface area contributed by atoms with Gasteiger partial charge < -0.3 is 15.5 Å². The van der Waals surface area contributed by atoms with Gasteiger partial charge in [-0.25, -0.2) is 0 Å². The lowest BCUT2D eigenvalue weighted by Crippen LogP contribution is -2.27. The first-order valence-corrected chi connectivity index (χ1v) is 6.53. The molecule has 0 saturated carbocycles. The zero-order valence-corrected chi connectivity index (χ0v) is 9.82. The van der Waals surface area contributed by atoms with Crippen molar-refractivity contribution in [2.45, 2.75) is 6.61 Å². The summed E-state index contributed by atoms with van der Waals surface area (Å²) >= 11 is 0. The molecule has 0 aliphatic heterocycles. The van der Waals surface area contributed by atoms with Gasteiger partial charge in [0.1, 0.15) is 0 Å². The quantitative estimate of drug-likeness (QED) is 0.484. The Morgan fingerprint density at radius 2 is 2.07 bits per heavy atom. The molecule has 0 heterocycles. The van der Waals surface area contributed by atoms with Crippen molar-refractivity contribution >= 4 is 9.76 Å². The monoisotopic (exact) mass is 210 g/mol. The van der Waals surface area contributed by atoms with E-state index < -0.39 is 9.76 Å². The first-order chi connectivity index (χ1) is 6.93. The highest BCUT2D eigenvalue weighted by Crippen LogP contribution is 1.98. The van der Waals surface area contributed by atoms with E-state index in [1.54, 1.807) is 0 Å². The van der Waals surface area contributed by atoms with Crippen molar-refractivity contribution in [3.63, 3.8) is 0 Å². The van der Waals surface area contributed by atoms with E-state index >= 15 is 0 Å². The van der Waals surface area contributed by atoms with Crippen LogP contribution >= 0.6 is 0 Å². The number of hydrogen-bond acceptors (Lipinski definition) is 3. The lowest BCUT2D eigenvalue weighted by Gasteiger charge is -2.04. The molecule has 0 atom stereocenters. The molecule has 1 aromatic rings. The maximum Gasteiger partial charge on any atom is 0.175 e. The van der Waals surface area contributed by atoms with Crippen LogP contribution in [0.4, 0.5) is 0 Å². The van der Waals surface area contributed by atoms with Crippen molar-refractivity contribution in [1.29, 1.82) is 0 Å². The van der Waals surface area contributed by atoms with Crippen LogP contribution in [-0.2, 0) is 11.0 Å². The summed E-state index contributed by atoms with van der Waals surface area (Å²) in [5, 5.41) is 3.23. The molecule has 0 radical (unpaired) electrons. The Bertz CT molecular complexity index is 231. The molecule has 4 heteroatoms. The third kappa shape index (κ3) is 5.13. The second kappa shape index (κ2) is 7.70. The van der Waals surface area contributed by atoms with Gasteiger partial charge in [-0.1, -0.05) is 30.3 Å². The number of rotatable bonds is 7. The highest BCUT2D eigenvalue weighted by atomic mass is 28.2. The summed E-state index contributed by atoms with van der Waals surface area (Å²) in [6.45, 7) is 2.34. The van der Waals surface area contributed by atoms with Crippen molar-refractivity contribution in [3.8, 4) is 0 Å². The Labute approximate surface area is 87.6 Å². The van der Waals surface area contributed by atoms with Gasteiger partial charge in [0.15, 0.2) is 9.76 Å². The molecule has 1 rings (SSSR count). The van der Waals surface area contributed by atoms with E-state index in [-0.39, 0.29) is 0 Å². The summed E-state index contributed by atoms with van der Waals surface area (Å²) in [5.74, 6) is 0. The molecule has 0 aliphatic carbocycles. The van der Waals surface area contributed by atoms with Crippen LogP contribution in [-0.4, -0.2) is 29.0 Å². The second-order valence-corrected chi connectivity index (χ2v) is 4.39. The van der Waals surface area contributed by atoms with Crippen molar-refractivity contribution in [2.75, 3.05) is 19.3 Å². The van der Waals surface area contributed by atoms with E-state index in [2.05, 4.69) is 17.4 Å². The van der Waals surface area contributed by atoms with Crippen LogP contribution in [0.1, 0.15) is 5.56 Å². The van der Waals surface area contributed by atoms with Crippen LogP contribution in [0.25, 0.3) is 0 Å². The Balaban J connectivity index is 1.99. The van der Waals surface area contributed by atoms with Gasteiger partial charge in [-0.2, -0.15) is 0 Å². The second-order valence-electron chi connectivity index (χ2n) is 3.08. The Kier molecular flexibility index (Phi) is 6.26. The summed E-state index contributed by atoms with van der Waals surface area (Å²) in [7, 11) is -0.419. The van der Waals surface area contributed by atoms with Gasteiger partial charge in [-0.05, 0) is 5.56 Å². The normalized spacial score (nSPS) is 11.2. The number of benzene rings is 1. The van der Waals surface area contributed by atoms with Crippen LogP contribution < -0.4 is 11.1 Å². The van der Waals surface area contributed by atoms with Crippen LogP contribution in [0.3, 0.4) is 0 Å². The maximum absolute atomic E-state index is 5.60. The maximum atomic E-state index is 5.60. The summed E-state index contributed by atoms with van der Waals surface area (Å²) in [5.41, 5.74) is 6.60. The van der Waals surface area contributed by atoms with Gasteiger partial charge in [-0.15, -0.1) is 0 Å². The number of nitrogens with one attached hydrogen (secondary N) is 1. The lowest BCUT2D eigenvalue weighted by atomic mass is 10.2. The number of hydrogen-bond donors (Lipinski definition) is 2. The topological polar surface area (TPSA) is 47.3 Å². The summed E-state index contributed by atoms with van der Waals surface area (Å²) in [6.07, 6.45) is 1.00. The predicted octanol–water partition coefficient (Wildman–Crippen LogP) is -0.207. The minimum absolute atomic E-state index is 0.419. The molecule has 1 aromatic carbocycles. The molecule has 0 saturated heterocycles. The fourth-order valence-electron chi connectivity index (χ4n) is 1.14.